The molecule has 0 aliphatic carbocycles. The molecule has 0 fully saturated rings. The van der Waals surface area contributed by atoms with Crippen molar-refractivity contribution in [1.82, 2.24) is 0 Å². The fraction of sp³-hybridized carbons (Fsp3) is 0.450. The number of phenols is 1. The van der Waals surface area contributed by atoms with Gasteiger partial charge in [-0.2, -0.15) is 0 Å². The van der Waals surface area contributed by atoms with E-state index >= 15 is 0 Å². The average Bonchev–Trinajstić information content (AvgIpc) is 2.90. The van der Waals surface area contributed by atoms with Crippen molar-refractivity contribution in [1.29, 1.82) is 0 Å². The van der Waals surface area contributed by atoms with Crippen molar-refractivity contribution in [2.75, 3.05) is 0 Å². The van der Waals surface area contributed by atoms with E-state index in [4.69, 9.17) is 16.7 Å². The summed E-state index contributed by atoms with van der Waals surface area (Å²) < 4.78 is 0. The number of allylic oxidation sites excluding steroid dienone is 1. The summed E-state index contributed by atoms with van der Waals surface area (Å²) in [5.74, 6) is 1.18. The van der Waals surface area contributed by atoms with Gasteiger partial charge in [-0.15, -0.1) is 0 Å². The summed E-state index contributed by atoms with van der Waals surface area (Å²) in [6, 6.07) is 20.6. The number of hydrogen-bond acceptors (Lipinski definition) is 2. The van der Waals surface area contributed by atoms with Crippen LogP contribution >= 0.6 is 11.6 Å². The van der Waals surface area contributed by atoms with Crippen LogP contribution in [0.5, 0.6) is 5.75 Å². The fourth-order valence-electron chi connectivity index (χ4n) is 4.41. The van der Waals surface area contributed by atoms with Crippen LogP contribution in [0, 0.1) is 32.1 Å². The third kappa shape index (κ3) is 16.5. The monoisotopic (exact) mass is 606 g/mol. The van der Waals surface area contributed by atoms with E-state index in [2.05, 4.69) is 125 Å². The second-order valence-corrected chi connectivity index (χ2v) is 13.4. The number of phenolic OH excluding ortho intramolecular Hbond substituents is 1. The van der Waals surface area contributed by atoms with Crippen LogP contribution in [0.2, 0.25) is 5.02 Å². The lowest BCUT2D eigenvalue weighted by Gasteiger charge is -2.20. The first-order valence-corrected chi connectivity index (χ1v) is 16.1. The normalized spacial score (nSPS) is 11.8. The van der Waals surface area contributed by atoms with E-state index in [0.29, 0.717) is 10.4 Å². The Morgan fingerprint density at radius 1 is 0.837 bits per heavy atom. The summed E-state index contributed by atoms with van der Waals surface area (Å²) >= 11 is 6.10. The van der Waals surface area contributed by atoms with Crippen molar-refractivity contribution in [2.45, 2.75) is 108 Å². The van der Waals surface area contributed by atoms with Gasteiger partial charge in [-0.3, -0.25) is 0 Å². The summed E-state index contributed by atoms with van der Waals surface area (Å²) in [6.07, 6.45) is 6.68. The maximum atomic E-state index is 10.7. The highest BCUT2D eigenvalue weighted by molar-refractivity contribution is 6.30. The molecule has 3 aromatic rings. The predicted molar refractivity (Wildman–Crippen MR) is 193 cm³/mol. The molecule has 0 bridgehead atoms. The van der Waals surface area contributed by atoms with E-state index in [0.717, 1.165) is 41.7 Å². The van der Waals surface area contributed by atoms with E-state index in [-0.39, 0.29) is 5.75 Å². The van der Waals surface area contributed by atoms with Gasteiger partial charge in [0.05, 0.1) is 6.26 Å². The van der Waals surface area contributed by atoms with Crippen molar-refractivity contribution in [2.24, 2.45) is 11.3 Å². The lowest BCUT2D eigenvalue weighted by molar-refractivity contribution is 0.469. The molecule has 0 heterocycles. The fourth-order valence-corrected chi connectivity index (χ4v) is 4.57. The van der Waals surface area contributed by atoms with Crippen LogP contribution < -0.4 is 0 Å². The molecule has 0 radical (unpaired) electrons. The zero-order chi connectivity index (χ0) is 33.2. The summed E-state index contributed by atoms with van der Waals surface area (Å²) in [6.45, 7) is 27.0. The van der Waals surface area contributed by atoms with Gasteiger partial charge in [-0.05, 0) is 84.6 Å². The molecule has 2 N–H and O–H groups in total. The summed E-state index contributed by atoms with van der Waals surface area (Å²) in [7, 11) is 0. The van der Waals surface area contributed by atoms with Crippen molar-refractivity contribution < 1.29 is 10.2 Å². The van der Waals surface area contributed by atoms with Gasteiger partial charge in [-0.25, -0.2) is 0 Å². The Labute approximate surface area is 269 Å². The number of aromatic hydroxyl groups is 1. The maximum absolute atomic E-state index is 10.7. The van der Waals surface area contributed by atoms with E-state index in [9.17, 15) is 5.11 Å². The van der Waals surface area contributed by atoms with Crippen LogP contribution in [0.15, 0.2) is 73.5 Å². The lowest BCUT2D eigenvalue weighted by atomic mass is 9.85. The topological polar surface area (TPSA) is 40.5 Å². The SMILES string of the molecule is C=CO.CC(C)(C)C.CCC/C(=C(/c1ccc(C)cc1)c1ccc(C)cc1C)c1ccc(Cl)cc1O.CCCC(C)CC. The second-order valence-electron chi connectivity index (χ2n) is 12.9. The molecule has 0 spiro atoms. The molecule has 0 saturated carbocycles. The molecule has 0 saturated heterocycles. The number of rotatable bonds is 8. The summed E-state index contributed by atoms with van der Waals surface area (Å²) in [5, 5.41) is 18.5. The maximum Gasteiger partial charge on any atom is 0.124 e. The Morgan fingerprint density at radius 2 is 1.35 bits per heavy atom. The molecule has 0 aromatic heterocycles. The van der Waals surface area contributed by atoms with E-state index in [1.54, 1.807) is 6.07 Å². The number of halogens is 1. The molecule has 3 aromatic carbocycles. The van der Waals surface area contributed by atoms with Crippen LogP contribution in [0.1, 0.15) is 121 Å². The van der Waals surface area contributed by atoms with Gasteiger partial charge in [0, 0.05) is 10.6 Å². The molecular formula is C40H59ClO2. The minimum atomic E-state index is 0.227. The van der Waals surface area contributed by atoms with Crippen molar-refractivity contribution in [3.8, 4) is 5.75 Å². The van der Waals surface area contributed by atoms with Gasteiger partial charge in [0.25, 0.3) is 0 Å². The Balaban J connectivity index is 0.000000975. The van der Waals surface area contributed by atoms with Crippen molar-refractivity contribution in [3.05, 3.63) is 112 Å². The summed E-state index contributed by atoms with van der Waals surface area (Å²) in [4.78, 5) is 0. The third-order valence-electron chi connectivity index (χ3n) is 6.56. The zero-order valence-corrected chi connectivity index (χ0v) is 29.7. The van der Waals surface area contributed by atoms with Crippen LogP contribution in [0.4, 0.5) is 0 Å². The van der Waals surface area contributed by atoms with Crippen LogP contribution in [0.3, 0.4) is 0 Å². The first kappa shape index (κ1) is 40.0. The Hall–Kier alpha value is -2.97. The van der Waals surface area contributed by atoms with Gasteiger partial charge in [0.15, 0.2) is 0 Å². The highest BCUT2D eigenvalue weighted by atomic mass is 35.5. The molecule has 1 atom stereocenters. The van der Waals surface area contributed by atoms with Crippen LogP contribution in [0.25, 0.3) is 11.1 Å². The first-order chi connectivity index (χ1) is 20.1. The number of aliphatic hydroxyl groups excluding tert-OH is 1. The minimum Gasteiger partial charge on any atom is -0.516 e. The molecule has 43 heavy (non-hydrogen) atoms. The predicted octanol–water partition coefficient (Wildman–Crippen LogP) is 13.3. The minimum absolute atomic E-state index is 0.227. The van der Waals surface area contributed by atoms with Crippen molar-refractivity contribution >= 4 is 22.7 Å². The highest BCUT2D eigenvalue weighted by Crippen LogP contribution is 2.40. The molecule has 0 amide bonds. The molecule has 2 nitrogen and oxygen atoms in total. The summed E-state index contributed by atoms with van der Waals surface area (Å²) in [5.41, 5.74) is 9.75. The Morgan fingerprint density at radius 3 is 1.77 bits per heavy atom. The molecule has 0 aliphatic rings. The second kappa shape index (κ2) is 20.9. The largest absolute Gasteiger partial charge is 0.516 e. The number of aliphatic hydroxyl groups is 1. The van der Waals surface area contributed by atoms with Gasteiger partial charge < -0.3 is 10.2 Å². The molecule has 3 heteroatoms. The molecule has 3 rings (SSSR count). The Kier molecular flexibility index (Phi) is 19.4. The smallest absolute Gasteiger partial charge is 0.124 e. The quantitative estimate of drug-likeness (QED) is 0.198. The lowest BCUT2D eigenvalue weighted by Crippen LogP contribution is -1.99. The van der Waals surface area contributed by atoms with Crippen LogP contribution in [-0.4, -0.2) is 10.2 Å². The van der Waals surface area contributed by atoms with Gasteiger partial charge in [0.2, 0.25) is 0 Å². The highest BCUT2D eigenvalue weighted by Gasteiger charge is 2.18. The van der Waals surface area contributed by atoms with Crippen molar-refractivity contribution in [3.63, 3.8) is 0 Å². The molecule has 238 valence electrons. The van der Waals surface area contributed by atoms with Crippen LogP contribution in [-0.2, 0) is 0 Å². The van der Waals surface area contributed by atoms with Gasteiger partial charge in [0.1, 0.15) is 5.75 Å². The zero-order valence-electron chi connectivity index (χ0n) is 28.9. The molecular weight excluding hydrogens is 548 g/mol. The third-order valence-corrected chi connectivity index (χ3v) is 6.79. The number of aryl methyl sites for hydroxylation is 3. The number of hydrogen-bond donors (Lipinski definition) is 2. The van der Waals surface area contributed by atoms with Gasteiger partial charge >= 0.3 is 0 Å². The van der Waals surface area contributed by atoms with Gasteiger partial charge in [-0.1, -0.05) is 153 Å². The Bertz CT molecular complexity index is 1240. The standard InChI is InChI=1S/C26H27ClO.C7H16.C5H12.C2H4O/c1-5-6-24(23-14-12-21(27)16-25(23)28)26(20-10-7-17(2)8-11-20)22-13-9-18(3)15-19(22)4;1-4-6-7(3)5-2;1-5(2,3)4;1-2-3/h7-16,28H,5-6H2,1-4H3;7H,4-6H2,1-3H3;1-4H3;2-3H,1H2/b26-24+;;;. The van der Waals surface area contributed by atoms with E-state index in [1.165, 1.54) is 47.1 Å². The number of benzene rings is 3. The van der Waals surface area contributed by atoms with E-state index < -0.39 is 0 Å². The molecule has 1 unspecified atom stereocenters. The average molecular weight is 607 g/mol. The first-order valence-electron chi connectivity index (χ1n) is 15.7. The molecule has 0 aliphatic heterocycles. The van der Waals surface area contributed by atoms with E-state index in [1.807, 2.05) is 12.1 Å².